The van der Waals surface area contributed by atoms with Crippen LogP contribution in [0.1, 0.15) is 44.2 Å². The molecular weight excluding hydrogens is 467 g/mol. The van der Waals surface area contributed by atoms with Gasteiger partial charge in [0.15, 0.2) is 15.4 Å². The van der Waals surface area contributed by atoms with Crippen molar-refractivity contribution >= 4 is 21.4 Å². The molecule has 34 heavy (non-hydrogen) atoms. The van der Waals surface area contributed by atoms with E-state index in [0.717, 1.165) is 12.0 Å². The Morgan fingerprint density at radius 1 is 1.06 bits per heavy atom. The minimum atomic E-state index is -4.83. The average molecular weight is 496 g/mol. The van der Waals surface area contributed by atoms with Crippen LogP contribution < -0.4 is 5.32 Å². The molecule has 2 aromatic rings. The number of amides is 1. The van der Waals surface area contributed by atoms with E-state index in [2.05, 4.69) is 5.32 Å². The van der Waals surface area contributed by atoms with Gasteiger partial charge in [0, 0.05) is 5.69 Å². The standard InChI is InChI=1S/C25H28F3NO4S/c1-17(2)13-14-24(31,25(26,27)28)20-7-9-21(10-8-20)29-23(30)15-18-5-11-22(12-6-18)34(32,33)16-19-3-4-19/h3,5-12,17,31H,4,13-16H2,1-2H3,(H,29,30)/t24-/m1/s1. The van der Waals surface area contributed by atoms with Crippen molar-refractivity contribution < 1.29 is 31.5 Å². The molecule has 5 nitrogen and oxygen atoms in total. The van der Waals surface area contributed by atoms with Crippen LogP contribution in [0.25, 0.3) is 0 Å². The lowest BCUT2D eigenvalue weighted by Gasteiger charge is -2.31. The highest BCUT2D eigenvalue weighted by Gasteiger charge is 2.54. The van der Waals surface area contributed by atoms with Gasteiger partial charge in [-0.3, -0.25) is 4.79 Å². The molecular formula is C25H28F3NO4S. The smallest absolute Gasteiger partial charge is 0.376 e. The van der Waals surface area contributed by atoms with E-state index in [1.54, 1.807) is 26.0 Å². The Morgan fingerprint density at radius 3 is 2.15 bits per heavy atom. The Bertz CT molecular complexity index is 1150. The summed E-state index contributed by atoms with van der Waals surface area (Å²) in [5, 5.41) is 13.0. The van der Waals surface area contributed by atoms with Crippen molar-refractivity contribution in [1.82, 2.24) is 0 Å². The van der Waals surface area contributed by atoms with Crippen molar-refractivity contribution in [3.05, 3.63) is 71.3 Å². The molecule has 0 fully saturated rings. The first-order valence-corrected chi connectivity index (χ1v) is 12.6. The maximum Gasteiger partial charge on any atom is 0.421 e. The number of rotatable bonds is 10. The van der Waals surface area contributed by atoms with Crippen molar-refractivity contribution in [2.45, 2.75) is 56.2 Å². The number of benzene rings is 2. The Kier molecular flexibility index (Phi) is 7.57. The molecule has 0 aromatic heterocycles. The summed E-state index contributed by atoms with van der Waals surface area (Å²) in [5.41, 5.74) is -1.46. The number of hydrogen-bond acceptors (Lipinski definition) is 4. The van der Waals surface area contributed by atoms with E-state index in [0.29, 0.717) is 11.3 Å². The number of alkyl halides is 3. The normalized spacial score (nSPS) is 15.6. The van der Waals surface area contributed by atoms with E-state index in [1.165, 1.54) is 36.4 Å². The van der Waals surface area contributed by atoms with Crippen molar-refractivity contribution in [2.75, 3.05) is 11.1 Å². The van der Waals surface area contributed by atoms with Crippen molar-refractivity contribution in [3.63, 3.8) is 0 Å². The van der Waals surface area contributed by atoms with Crippen LogP contribution in [0.5, 0.6) is 0 Å². The minimum Gasteiger partial charge on any atom is -0.376 e. The largest absolute Gasteiger partial charge is 0.421 e. The molecule has 0 radical (unpaired) electrons. The highest BCUT2D eigenvalue weighted by molar-refractivity contribution is 7.91. The van der Waals surface area contributed by atoms with Gasteiger partial charge in [0.25, 0.3) is 0 Å². The van der Waals surface area contributed by atoms with Crippen LogP contribution in [0.2, 0.25) is 0 Å². The van der Waals surface area contributed by atoms with Gasteiger partial charge in [-0.15, -0.1) is 0 Å². The summed E-state index contributed by atoms with van der Waals surface area (Å²) in [4.78, 5) is 12.6. The Morgan fingerprint density at radius 2 is 1.65 bits per heavy atom. The fourth-order valence-electron chi connectivity index (χ4n) is 3.50. The maximum absolute atomic E-state index is 13.6. The van der Waals surface area contributed by atoms with E-state index in [-0.39, 0.29) is 35.0 Å². The van der Waals surface area contributed by atoms with E-state index in [1.807, 2.05) is 6.08 Å². The quantitative estimate of drug-likeness (QED) is 0.446. The number of nitrogens with one attached hydrogen (secondary N) is 1. The molecule has 0 saturated heterocycles. The first kappa shape index (κ1) is 26.0. The van der Waals surface area contributed by atoms with Crippen molar-refractivity contribution in [2.24, 2.45) is 5.92 Å². The summed E-state index contributed by atoms with van der Waals surface area (Å²) in [6.45, 7) is 3.57. The van der Waals surface area contributed by atoms with Gasteiger partial charge >= 0.3 is 6.18 Å². The number of halogens is 3. The monoisotopic (exact) mass is 495 g/mol. The second-order valence-electron chi connectivity index (χ2n) is 9.06. The van der Waals surface area contributed by atoms with Gasteiger partial charge in [-0.25, -0.2) is 8.42 Å². The van der Waals surface area contributed by atoms with Gasteiger partial charge in [-0.2, -0.15) is 13.2 Å². The van der Waals surface area contributed by atoms with Crippen molar-refractivity contribution in [1.29, 1.82) is 0 Å². The molecule has 1 atom stereocenters. The van der Waals surface area contributed by atoms with Crippen LogP contribution in [0, 0.1) is 5.92 Å². The Labute approximate surface area is 197 Å². The molecule has 0 unspecified atom stereocenters. The molecule has 1 aliphatic carbocycles. The zero-order chi connectivity index (χ0) is 25.1. The molecule has 0 aliphatic heterocycles. The first-order valence-electron chi connectivity index (χ1n) is 11.0. The lowest BCUT2D eigenvalue weighted by atomic mass is 9.86. The molecule has 184 valence electrons. The van der Waals surface area contributed by atoms with Gasteiger partial charge in [0.2, 0.25) is 5.91 Å². The minimum absolute atomic E-state index is 0.00259. The van der Waals surface area contributed by atoms with E-state index >= 15 is 0 Å². The molecule has 0 saturated carbocycles. The summed E-state index contributed by atoms with van der Waals surface area (Å²) >= 11 is 0. The highest BCUT2D eigenvalue weighted by atomic mass is 32.2. The summed E-state index contributed by atoms with van der Waals surface area (Å²) in [6.07, 6.45) is -2.53. The van der Waals surface area contributed by atoms with Gasteiger partial charge < -0.3 is 10.4 Å². The van der Waals surface area contributed by atoms with Crippen LogP contribution >= 0.6 is 0 Å². The number of carbonyl (C=O) groups excluding carboxylic acids is 1. The molecule has 0 bridgehead atoms. The van der Waals surface area contributed by atoms with E-state index in [9.17, 15) is 31.5 Å². The Balaban J connectivity index is 1.63. The van der Waals surface area contributed by atoms with Gasteiger partial charge in [-0.05, 0) is 60.6 Å². The van der Waals surface area contributed by atoms with Gasteiger partial charge in [-0.1, -0.05) is 49.8 Å². The first-order chi connectivity index (χ1) is 15.8. The molecule has 9 heteroatoms. The molecule has 3 rings (SSSR count). The maximum atomic E-state index is 13.6. The third-order valence-electron chi connectivity index (χ3n) is 5.71. The number of anilines is 1. The SMILES string of the molecule is CC(C)CC[C@@](O)(c1ccc(NC(=O)Cc2ccc(S(=O)(=O)CC3=CC3)cc2)cc1)C(F)(F)F. The molecule has 0 spiro atoms. The number of carbonyl (C=O) groups is 1. The zero-order valence-corrected chi connectivity index (χ0v) is 19.8. The number of sulfone groups is 1. The molecule has 2 aromatic carbocycles. The second-order valence-corrected chi connectivity index (χ2v) is 11.1. The Hall–Kier alpha value is -2.65. The molecule has 2 N–H and O–H groups in total. The van der Waals surface area contributed by atoms with Crippen molar-refractivity contribution in [3.8, 4) is 0 Å². The zero-order valence-electron chi connectivity index (χ0n) is 19.0. The number of aliphatic hydroxyl groups is 1. The molecule has 0 heterocycles. The van der Waals surface area contributed by atoms with Crippen LogP contribution in [0.15, 0.2) is 65.1 Å². The predicted molar refractivity (Wildman–Crippen MR) is 124 cm³/mol. The van der Waals surface area contributed by atoms with Crippen LogP contribution in [-0.2, 0) is 26.7 Å². The third kappa shape index (κ3) is 6.48. The summed E-state index contributed by atoms with van der Waals surface area (Å²) in [7, 11) is -3.40. The topological polar surface area (TPSA) is 83.5 Å². The summed E-state index contributed by atoms with van der Waals surface area (Å²) in [6, 6.07) is 11.0. The average Bonchev–Trinajstić information content (AvgIpc) is 3.55. The molecule has 1 aliphatic rings. The number of hydrogen-bond donors (Lipinski definition) is 2. The second kappa shape index (κ2) is 9.92. The number of allylic oxidation sites excluding steroid dienone is 1. The summed E-state index contributed by atoms with van der Waals surface area (Å²) < 4.78 is 65.4. The summed E-state index contributed by atoms with van der Waals surface area (Å²) in [5.74, 6) is -0.404. The van der Waals surface area contributed by atoms with Crippen LogP contribution in [0.3, 0.4) is 0 Å². The molecule has 1 amide bonds. The van der Waals surface area contributed by atoms with Gasteiger partial charge in [0.05, 0.1) is 17.1 Å². The predicted octanol–water partition coefficient (Wildman–Crippen LogP) is 5.16. The lowest BCUT2D eigenvalue weighted by Crippen LogP contribution is -2.42. The van der Waals surface area contributed by atoms with E-state index in [4.69, 9.17) is 0 Å². The fourth-order valence-corrected chi connectivity index (χ4v) is 4.94. The van der Waals surface area contributed by atoms with Gasteiger partial charge in [0.1, 0.15) is 0 Å². The third-order valence-corrected chi connectivity index (χ3v) is 7.46. The fraction of sp³-hybridized carbons (Fsp3) is 0.400. The van der Waals surface area contributed by atoms with E-state index < -0.39 is 33.9 Å². The lowest BCUT2D eigenvalue weighted by molar-refractivity contribution is -0.270. The van der Waals surface area contributed by atoms with Crippen LogP contribution in [-0.4, -0.2) is 31.4 Å². The highest BCUT2D eigenvalue weighted by Crippen LogP contribution is 2.43. The van der Waals surface area contributed by atoms with Crippen LogP contribution in [0.4, 0.5) is 18.9 Å².